The molecule has 11 atom stereocenters. The zero-order valence-electron chi connectivity index (χ0n) is 45.6. The van der Waals surface area contributed by atoms with Gasteiger partial charge in [0, 0.05) is 38.0 Å². The van der Waals surface area contributed by atoms with Gasteiger partial charge in [-0.1, -0.05) is 118 Å². The quantitative estimate of drug-likeness (QED) is 0.0551. The van der Waals surface area contributed by atoms with Crippen LogP contribution in [0.25, 0.3) is 0 Å². The Balaban J connectivity index is 1.66. The number of fused-ring (bicyclic) bond motifs is 5. The summed E-state index contributed by atoms with van der Waals surface area (Å²) in [7, 11) is -5.34. The molecule has 1 heterocycles. The van der Waals surface area contributed by atoms with E-state index in [0.29, 0.717) is 47.4 Å². The lowest BCUT2D eigenvalue weighted by molar-refractivity contribution is -0.344. The van der Waals surface area contributed by atoms with Crippen LogP contribution >= 0.6 is 0 Å². The third-order valence-corrected chi connectivity index (χ3v) is 26.8. The van der Waals surface area contributed by atoms with Crippen molar-refractivity contribution in [2.45, 2.75) is 200 Å². The van der Waals surface area contributed by atoms with Crippen LogP contribution < -0.4 is 5.32 Å². The Kier molecular flexibility index (Phi) is 17.7. The van der Waals surface area contributed by atoms with Crippen molar-refractivity contribution in [1.29, 1.82) is 0 Å². The summed E-state index contributed by atoms with van der Waals surface area (Å²) in [5, 5.41) is 17.5. The molecular weight excluding hydrogens is 967 g/mol. The number of amides is 1. The number of carbonyl (C=O) groups excluding carboxylic acids is 6. The summed E-state index contributed by atoms with van der Waals surface area (Å²) >= 11 is 0. The molecule has 15 nitrogen and oxygen atoms in total. The van der Waals surface area contributed by atoms with E-state index in [4.69, 9.17) is 32.5 Å². The van der Waals surface area contributed by atoms with Gasteiger partial charge in [-0.15, -0.1) is 0 Å². The molecule has 1 aliphatic heterocycles. The summed E-state index contributed by atoms with van der Waals surface area (Å²) in [5.41, 5.74) is -6.16. The number of esters is 4. The molecule has 2 aromatic carbocycles. The Morgan fingerprint density at radius 3 is 1.85 bits per heavy atom. The molecule has 0 spiro atoms. The molecule has 3 aliphatic carbocycles. The fraction of sp³-hybridized carbons (Fsp3) is 0.643. The highest BCUT2D eigenvalue weighted by Gasteiger charge is 2.79. The van der Waals surface area contributed by atoms with Gasteiger partial charge in [0.25, 0.3) is 0 Å². The molecule has 17 heteroatoms. The van der Waals surface area contributed by atoms with Gasteiger partial charge in [0.1, 0.15) is 23.9 Å². The number of benzene rings is 2. The molecule has 2 aromatic rings. The van der Waals surface area contributed by atoms with Crippen molar-refractivity contribution >= 4 is 52.2 Å². The summed E-state index contributed by atoms with van der Waals surface area (Å²) in [6.07, 6.45) is -8.31. The fourth-order valence-corrected chi connectivity index (χ4v) is 18.2. The number of ether oxygens (including phenoxy) is 5. The first-order chi connectivity index (χ1) is 34.3. The molecule has 2 bridgehead atoms. The monoisotopic (exact) mass is 1050 g/mol. The topological polar surface area (TPSA) is 199 Å². The van der Waals surface area contributed by atoms with Gasteiger partial charge in [0.2, 0.25) is 5.91 Å². The molecule has 4 aliphatic rings. The average molecular weight is 1050 g/mol. The molecule has 2 saturated carbocycles. The summed E-state index contributed by atoms with van der Waals surface area (Å²) < 4.78 is 47.0. The lowest BCUT2D eigenvalue weighted by Gasteiger charge is -2.68. The summed E-state index contributed by atoms with van der Waals surface area (Å²) in [5.74, 6) is -5.96. The smallest absolute Gasteiger partial charge is 0.338 e. The predicted molar refractivity (Wildman–Crippen MR) is 279 cm³/mol. The Hall–Kier alpha value is -4.53. The van der Waals surface area contributed by atoms with Crippen molar-refractivity contribution in [3.05, 3.63) is 82.9 Å². The lowest BCUT2D eigenvalue weighted by atomic mass is 9.44. The Labute approximate surface area is 434 Å². The van der Waals surface area contributed by atoms with Crippen LogP contribution in [0.15, 0.2) is 71.8 Å². The largest absolute Gasteiger partial charge is 0.456 e. The summed E-state index contributed by atoms with van der Waals surface area (Å²) in [6.45, 7) is 24.8. The van der Waals surface area contributed by atoms with Crippen molar-refractivity contribution in [2.75, 3.05) is 6.61 Å². The van der Waals surface area contributed by atoms with Crippen LogP contribution in [0.3, 0.4) is 0 Å². The minimum absolute atomic E-state index is 0.0996. The Bertz CT molecular complexity index is 2370. The van der Waals surface area contributed by atoms with E-state index in [1.165, 1.54) is 13.8 Å². The van der Waals surface area contributed by atoms with E-state index >= 15 is 9.59 Å². The van der Waals surface area contributed by atoms with E-state index in [-0.39, 0.29) is 30.1 Å². The van der Waals surface area contributed by atoms with E-state index in [1.54, 1.807) is 71.9 Å². The maximum atomic E-state index is 16.5. The SMILES string of the molecule is CC[Si](CC)(CC)O[C@H](C(=O)O[C@H]1C[C@@]2(O)[C@@H](OC(=O)c3ccccc3)[C@@H]3[C@]4(OC(C)=O)CO[C@@H]4C[C@H](O[Si](CC)(CC)CC)[C@@]3(C)C(=O)[C@H](OC(C)=O)C(=C1C)C2(C)C)[C@@H](NC(=O)C(C)C)c1ccccc1. The van der Waals surface area contributed by atoms with Crippen LogP contribution in [0.4, 0.5) is 0 Å². The zero-order chi connectivity index (χ0) is 54.1. The van der Waals surface area contributed by atoms with Crippen LogP contribution in [0.1, 0.15) is 132 Å². The number of ketones is 1. The van der Waals surface area contributed by atoms with Gasteiger partial charge in [-0.05, 0) is 79.0 Å². The Morgan fingerprint density at radius 2 is 1.36 bits per heavy atom. The number of hydrogen-bond acceptors (Lipinski definition) is 14. The number of carbonyl (C=O) groups is 6. The second kappa shape index (κ2) is 22.4. The summed E-state index contributed by atoms with van der Waals surface area (Å²) in [6, 6.07) is 20.4. The van der Waals surface area contributed by atoms with Crippen molar-refractivity contribution in [3.63, 3.8) is 0 Å². The molecule has 2 N–H and O–H groups in total. The third kappa shape index (κ3) is 10.4. The van der Waals surface area contributed by atoms with Gasteiger partial charge in [0.15, 0.2) is 40.2 Å². The van der Waals surface area contributed by atoms with E-state index < -0.39 is 129 Å². The molecule has 73 heavy (non-hydrogen) atoms. The molecule has 0 unspecified atom stereocenters. The molecule has 6 rings (SSSR count). The van der Waals surface area contributed by atoms with Gasteiger partial charge >= 0.3 is 23.9 Å². The average Bonchev–Trinajstić information content (AvgIpc) is 3.36. The van der Waals surface area contributed by atoms with E-state index in [9.17, 15) is 24.3 Å². The van der Waals surface area contributed by atoms with Gasteiger partial charge < -0.3 is 43.0 Å². The van der Waals surface area contributed by atoms with Crippen molar-refractivity contribution in [2.24, 2.45) is 22.7 Å². The van der Waals surface area contributed by atoms with Gasteiger partial charge in [-0.2, -0.15) is 0 Å². The number of hydrogen-bond donors (Lipinski definition) is 2. The van der Waals surface area contributed by atoms with Crippen molar-refractivity contribution in [1.82, 2.24) is 5.32 Å². The predicted octanol–water partition coefficient (Wildman–Crippen LogP) is 9.14. The highest BCUT2D eigenvalue weighted by Crippen LogP contribution is 2.65. The number of Topliss-reactive ketones (excluding diaryl/α,β-unsaturated/α-hetero) is 1. The van der Waals surface area contributed by atoms with Crippen LogP contribution in [0, 0.1) is 22.7 Å². The van der Waals surface area contributed by atoms with Crippen molar-refractivity contribution in [3.8, 4) is 0 Å². The van der Waals surface area contributed by atoms with Crippen LogP contribution in [0.2, 0.25) is 36.3 Å². The standard InChI is InChI=1S/C56H81NO14Si2/c1-15-72(16-2,17-3)70-41-31-42-55(33-65-42,69-37(11)59)47-49(68-51(62)39-29-25-22-26-30-39)56(64)32-40(35(9)43(53(56,12)13)45(66-36(10)58)48(60)54(41,47)14)67-52(63)46(71-73(18-4,19-5)20-6)44(57-50(61)34(7)8)38-27-23-21-24-28-38/h21-30,34,40-42,44-47,49,64H,15-20,31-33H2,1-14H3,(H,57,61)/t40-,41-,42+,44-,45+,46-,47-,49-,54+,55-,56+/m0/s1. The van der Waals surface area contributed by atoms with Gasteiger partial charge in [0.05, 0.1) is 35.6 Å². The maximum Gasteiger partial charge on any atom is 0.338 e. The number of rotatable bonds is 20. The highest BCUT2D eigenvalue weighted by atomic mass is 28.4. The first-order valence-electron chi connectivity index (χ1n) is 26.5. The zero-order valence-corrected chi connectivity index (χ0v) is 47.6. The van der Waals surface area contributed by atoms with E-state index in [0.717, 1.165) is 0 Å². The fourth-order valence-electron chi connectivity index (χ4n) is 12.5. The van der Waals surface area contributed by atoms with Crippen LogP contribution in [-0.4, -0.2) is 112 Å². The minimum atomic E-state index is -2.70. The first-order valence-corrected chi connectivity index (χ1v) is 31.5. The second-order valence-electron chi connectivity index (χ2n) is 21.8. The maximum absolute atomic E-state index is 16.5. The second-order valence-corrected chi connectivity index (χ2v) is 31.3. The van der Waals surface area contributed by atoms with Crippen LogP contribution in [0.5, 0.6) is 0 Å². The molecule has 3 fully saturated rings. The molecule has 1 amide bonds. The minimum Gasteiger partial charge on any atom is -0.456 e. The van der Waals surface area contributed by atoms with E-state index in [1.807, 2.05) is 51.1 Å². The van der Waals surface area contributed by atoms with Gasteiger partial charge in [-0.3, -0.25) is 19.2 Å². The molecule has 402 valence electrons. The van der Waals surface area contributed by atoms with E-state index in [2.05, 4.69) is 26.1 Å². The normalized spacial score (nSPS) is 29.5. The molecule has 0 radical (unpaired) electrons. The first kappa shape index (κ1) is 57.7. The molecular formula is C56H81NO14Si2. The van der Waals surface area contributed by atoms with Gasteiger partial charge in [-0.25, -0.2) is 9.59 Å². The Morgan fingerprint density at radius 1 is 0.795 bits per heavy atom. The number of aliphatic hydroxyl groups is 1. The van der Waals surface area contributed by atoms with Crippen molar-refractivity contribution < 1.29 is 66.4 Å². The third-order valence-electron chi connectivity index (χ3n) is 17.6. The van der Waals surface area contributed by atoms with Crippen LogP contribution in [-0.2, 0) is 56.5 Å². The lowest BCUT2D eigenvalue weighted by Crippen LogP contribution is -2.82. The molecule has 1 saturated heterocycles. The number of nitrogens with one attached hydrogen (secondary N) is 1. The summed E-state index contributed by atoms with van der Waals surface area (Å²) in [4.78, 5) is 87.8. The molecule has 0 aromatic heterocycles. The highest BCUT2D eigenvalue weighted by molar-refractivity contribution is 6.74.